The van der Waals surface area contributed by atoms with E-state index in [1.807, 2.05) is 25.1 Å². The van der Waals surface area contributed by atoms with E-state index in [1.165, 1.54) is 11.1 Å². The maximum atomic E-state index is 12.1. The van der Waals surface area contributed by atoms with Crippen LogP contribution in [0.25, 0.3) is 0 Å². The van der Waals surface area contributed by atoms with E-state index in [0.717, 1.165) is 36.9 Å². The maximum absolute atomic E-state index is 12.1. The van der Waals surface area contributed by atoms with E-state index < -0.39 is 11.2 Å². The number of phenolic OH excluding ortho intramolecular Hbond substituents is 1. The first-order valence-electron chi connectivity index (χ1n) is 12.8. The average molecular weight is 472 g/mol. The first-order chi connectivity index (χ1) is 16.8. The number of likely N-dealkylation sites (tertiary alicyclic amines) is 1. The Morgan fingerprint density at radius 2 is 1.97 bits per heavy atom. The van der Waals surface area contributed by atoms with Gasteiger partial charge in [0.2, 0.25) is 0 Å². The number of likely N-dealkylation sites (N-methyl/N-ethyl adjacent to an activating group) is 1. The number of piperidine rings is 1. The summed E-state index contributed by atoms with van der Waals surface area (Å²) < 4.78 is 13.1. The summed E-state index contributed by atoms with van der Waals surface area (Å²) in [5.41, 5.74) is 1.89. The Morgan fingerprint density at radius 3 is 2.74 bits per heavy atom. The number of phenols is 1. The fraction of sp³-hybridized carbons (Fsp3) is 0.467. The van der Waals surface area contributed by atoms with E-state index >= 15 is 0 Å². The third kappa shape index (κ3) is 2.40. The summed E-state index contributed by atoms with van der Waals surface area (Å²) in [7, 11) is 3.94. The van der Waals surface area contributed by atoms with Crippen LogP contribution in [0.3, 0.4) is 0 Å². The van der Waals surface area contributed by atoms with Crippen LogP contribution >= 0.6 is 0 Å². The molecule has 2 aromatic rings. The van der Waals surface area contributed by atoms with Gasteiger partial charge in [-0.3, -0.25) is 0 Å². The van der Waals surface area contributed by atoms with Crippen LogP contribution in [0.15, 0.2) is 66.3 Å². The molecule has 6 aliphatic rings. The highest BCUT2D eigenvalue weighted by molar-refractivity contribution is 5.68. The van der Waals surface area contributed by atoms with Crippen LogP contribution in [0.5, 0.6) is 11.5 Å². The Balaban J connectivity index is 1.42. The molecular formula is C30H33NO4. The van der Waals surface area contributed by atoms with Crippen LogP contribution in [-0.4, -0.2) is 59.2 Å². The quantitative estimate of drug-likeness (QED) is 0.648. The highest BCUT2D eigenvalue weighted by Crippen LogP contribution is 2.73. The number of hydrogen-bond acceptors (Lipinski definition) is 5. The number of hydrogen-bond donors (Lipinski definition) is 2. The smallest absolute Gasteiger partial charge is 0.165 e. The van der Waals surface area contributed by atoms with Crippen molar-refractivity contribution in [3.05, 3.63) is 83.0 Å². The Hall–Kier alpha value is -2.60. The highest BCUT2D eigenvalue weighted by Gasteiger charge is 2.77. The maximum Gasteiger partial charge on any atom is 0.165 e. The first-order valence-corrected chi connectivity index (χ1v) is 12.8. The second-order valence-electron chi connectivity index (χ2n) is 11.4. The van der Waals surface area contributed by atoms with Crippen molar-refractivity contribution in [2.75, 3.05) is 20.7 Å². The predicted octanol–water partition coefficient (Wildman–Crippen LogP) is 3.92. The molecule has 4 bridgehead atoms. The topological polar surface area (TPSA) is 62.2 Å². The number of aromatic hydroxyl groups is 1. The molecule has 5 nitrogen and oxygen atoms in total. The molecular weight excluding hydrogens is 438 g/mol. The summed E-state index contributed by atoms with van der Waals surface area (Å²) in [5.74, 6) is 0.812. The number of rotatable bonds is 5. The molecule has 182 valence electrons. The lowest BCUT2D eigenvalue weighted by Crippen LogP contribution is -2.77. The van der Waals surface area contributed by atoms with Crippen molar-refractivity contribution in [2.45, 2.75) is 61.4 Å². The summed E-state index contributed by atoms with van der Waals surface area (Å²) in [6, 6.07) is 14.4. The number of aryl methyl sites for hydroxylation is 1. The normalized spacial score (nSPS) is 37.4. The van der Waals surface area contributed by atoms with Crippen LogP contribution in [0.1, 0.15) is 36.5 Å². The zero-order chi connectivity index (χ0) is 24.2. The number of nitrogens with zero attached hydrogens (tertiary/aromatic N) is 1. The minimum Gasteiger partial charge on any atom is -0.504 e. The van der Waals surface area contributed by atoms with E-state index in [-0.39, 0.29) is 28.7 Å². The second-order valence-corrected chi connectivity index (χ2v) is 11.4. The van der Waals surface area contributed by atoms with Crippen molar-refractivity contribution in [1.29, 1.82) is 0 Å². The third-order valence-electron chi connectivity index (χ3n) is 9.94. The third-order valence-corrected chi connectivity index (χ3v) is 9.94. The zero-order valence-corrected chi connectivity index (χ0v) is 20.6. The SMILES string of the molecule is CO[C@]12C=C[C@@]3(C=C1[C@](C)(O)CCc1ccccc1)[C@H]1Cc4ccc(O)c5c4[C@@]3(CCN1C)C2O5. The van der Waals surface area contributed by atoms with Crippen LogP contribution in [0.2, 0.25) is 0 Å². The van der Waals surface area contributed by atoms with Crippen molar-refractivity contribution < 1.29 is 19.7 Å². The van der Waals surface area contributed by atoms with Gasteiger partial charge in [0.05, 0.1) is 11.0 Å². The van der Waals surface area contributed by atoms with Crippen molar-refractivity contribution >= 4 is 0 Å². The lowest BCUT2D eigenvalue weighted by atomic mass is 9.39. The van der Waals surface area contributed by atoms with E-state index in [0.29, 0.717) is 12.2 Å². The summed E-state index contributed by atoms with van der Waals surface area (Å²) in [6.07, 6.45) is 9.67. The fourth-order valence-corrected chi connectivity index (χ4v) is 8.31. The molecule has 4 aliphatic carbocycles. The van der Waals surface area contributed by atoms with Gasteiger partial charge < -0.3 is 24.6 Å². The Morgan fingerprint density at radius 1 is 1.17 bits per heavy atom. The number of aliphatic hydroxyl groups is 1. The van der Waals surface area contributed by atoms with Gasteiger partial charge in [0.1, 0.15) is 11.7 Å². The second kappa shape index (κ2) is 6.78. The lowest BCUT2D eigenvalue weighted by Gasteiger charge is -2.68. The van der Waals surface area contributed by atoms with E-state index in [4.69, 9.17) is 9.47 Å². The minimum absolute atomic E-state index is 0.197. The minimum atomic E-state index is -1.08. The standard InChI is InChI=1S/C30H33NO4/c1-27(33,12-11-19-7-5-4-6-8-19)22-18-28-13-14-30(22,34-3)26-29(28)15-16-31(2)23(28)17-20-9-10-21(32)25(35-26)24(20)29/h4-10,13-14,18,23,26,32-33H,11-12,15-17H2,1-3H3/t23-,26?,27-,28-,29+,30-/m1/s1. The highest BCUT2D eigenvalue weighted by atomic mass is 16.6. The molecule has 35 heavy (non-hydrogen) atoms. The number of ether oxygens (including phenoxy) is 2. The molecule has 0 amide bonds. The molecule has 0 aromatic heterocycles. The summed E-state index contributed by atoms with van der Waals surface area (Å²) in [4.78, 5) is 2.47. The summed E-state index contributed by atoms with van der Waals surface area (Å²) in [5, 5.41) is 22.9. The van der Waals surface area contributed by atoms with Gasteiger partial charge in [-0.05, 0) is 75.0 Å². The lowest BCUT2D eigenvalue weighted by molar-refractivity contribution is -0.145. The molecule has 0 saturated carbocycles. The average Bonchev–Trinajstić information content (AvgIpc) is 3.24. The van der Waals surface area contributed by atoms with Crippen LogP contribution in [0, 0.1) is 5.41 Å². The Kier molecular flexibility index (Phi) is 4.20. The summed E-state index contributed by atoms with van der Waals surface area (Å²) >= 11 is 0. The molecule has 1 fully saturated rings. The van der Waals surface area contributed by atoms with Crippen molar-refractivity contribution in [3.63, 3.8) is 0 Å². The van der Waals surface area contributed by atoms with E-state index in [2.05, 4.69) is 48.4 Å². The fourth-order valence-electron chi connectivity index (χ4n) is 8.31. The van der Waals surface area contributed by atoms with Crippen molar-refractivity contribution in [1.82, 2.24) is 4.90 Å². The molecule has 8 rings (SSSR count). The number of benzene rings is 2. The van der Waals surface area contributed by atoms with Gasteiger partial charge >= 0.3 is 0 Å². The largest absolute Gasteiger partial charge is 0.504 e. The van der Waals surface area contributed by atoms with Crippen molar-refractivity contribution in [3.8, 4) is 11.5 Å². The molecule has 1 saturated heterocycles. The van der Waals surface area contributed by atoms with Gasteiger partial charge in [-0.2, -0.15) is 0 Å². The first kappa shape index (κ1) is 21.7. The molecule has 1 unspecified atom stereocenters. The molecule has 2 N–H and O–H groups in total. The van der Waals surface area contributed by atoms with E-state index in [9.17, 15) is 10.2 Å². The van der Waals surface area contributed by atoms with Crippen LogP contribution in [-0.2, 0) is 23.0 Å². The van der Waals surface area contributed by atoms with Gasteiger partial charge in [0.15, 0.2) is 11.5 Å². The Labute approximate surface area is 206 Å². The van der Waals surface area contributed by atoms with Gasteiger partial charge in [0.25, 0.3) is 0 Å². The molecule has 5 heteroatoms. The molecule has 6 atom stereocenters. The molecule has 2 aromatic carbocycles. The monoisotopic (exact) mass is 471 g/mol. The summed E-state index contributed by atoms with van der Waals surface area (Å²) in [6.45, 7) is 2.88. The van der Waals surface area contributed by atoms with Gasteiger partial charge in [0, 0.05) is 24.1 Å². The molecule has 0 radical (unpaired) electrons. The van der Waals surface area contributed by atoms with Crippen LogP contribution < -0.4 is 4.74 Å². The molecule has 2 heterocycles. The molecule has 2 spiro atoms. The molecule has 2 aliphatic heterocycles. The van der Waals surface area contributed by atoms with Gasteiger partial charge in [-0.1, -0.05) is 48.6 Å². The predicted molar refractivity (Wildman–Crippen MR) is 134 cm³/mol. The van der Waals surface area contributed by atoms with Gasteiger partial charge in [-0.15, -0.1) is 0 Å². The Bertz CT molecular complexity index is 1280. The number of methoxy groups -OCH3 is 1. The van der Waals surface area contributed by atoms with Crippen LogP contribution in [0.4, 0.5) is 0 Å². The van der Waals surface area contributed by atoms with E-state index in [1.54, 1.807) is 13.2 Å². The van der Waals surface area contributed by atoms with Crippen molar-refractivity contribution in [2.24, 2.45) is 5.41 Å². The zero-order valence-electron chi connectivity index (χ0n) is 20.6. The van der Waals surface area contributed by atoms with Gasteiger partial charge in [-0.25, -0.2) is 0 Å².